The molecule has 10 heteroatoms. The van der Waals surface area contributed by atoms with Crippen molar-refractivity contribution in [2.75, 3.05) is 29.6 Å². The molecular weight excluding hydrogens is 444 g/mol. The molecule has 0 spiro atoms. The minimum absolute atomic E-state index is 0.00820. The molecule has 170 valence electrons. The van der Waals surface area contributed by atoms with Crippen LogP contribution in [0.25, 0.3) is 0 Å². The van der Waals surface area contributed by atoms with Gasteiger partial charge in [-0.15, -0.1) is 10.2 Å². The predicted molar refractivity (Wildman–Crippen MR) is 122 cm³/mol. The normalized spacial score (nSPS) is 15.5. The van der Waals surface area contributed by atoms with E-state index in [9.17, 15) is 14.4 Å². The van der Waals surface area contributed by atoms with Gasteiger partial charge in [-0.05, 0) is 43.3 Å². The number of hydrogen-bond acceptors (Lipinski definition) is 8. The molecule has 0 bridgehead atoms. The number of ether oxygens (including phenoxy) is 1. The molecule has 0 unspecified atom stereocenters. The van der Waals surface area contributed by atoms with Gasteiger partial charge in [0.1, 0.15) is 0 Å². The molecule has 1 aliphatic heterocycles. The zero-order chi connectivity index (χ0) is 23.4. The summed E-state index contributed by atoms with van der Waals surface area (Å²) in [5.74, 6) is -0.427. The van der Waals surface area contributed by atoms with Crippen molar-refractivity contribution in [3.63, 3.8) is 0 Å². The van der Waals surface area contributed by atoms with E-state index in [2.05, 4.69) is 20.3 Å². The van der Waals surface area contributed by atoms with Crippen LogP contribution in [0.3, 0.4) is 0 Å². The van der Waals surface area contributed by atoms with Crippen molar-refractivity contribution >= 4 is 40.9 Å². The van der Waals surface area contributed by atoms with Crippen LogP contribution in [-0.4, -0.2) is 47.4 Å². The molecule has 1 N–H and O–H groups in total. The standard InChI is InChI=1S/C23H22N4O5S/c1-14-3-9-18(10-4-14)27-12-16(11-20(27)29)21-25-26-23(32-21)33-13-19(28)24-17-7-5-15(6-8-17)22(30)31-2/h3-10,16H,11-13H2,1-2H3,(H,24,28)/t16-/m1/s1. The number of nitrogens with one attached hydrogen (secondary N) is 1. The maximum atomic E-state index is 12.5. The highest BCUT2D eigenvalue weighted by molar-refractivity contribution is 7.99. The molecule has 33 heavy (non-hydrogen) atoms. The third-order valence-corrected chi connectivity index (χ3v) is 5.98. The maximum absolute atomic E-state index is 12.5. The molecule has 4 rings (SSSR count). The number of anilines is 2. The van der Waals surface area contributed by atoms with E-state index in [0.717, 1.165) is 23.0 Å². The molecule has 0 saturated carbocycles. The van der Waals surface area contributed by atoms with Crippen LogP contribution in [0.2, 0.25) is 0 Å². The summed E-state index contributed by atoms with van der Waals surface area (Å²) >= 11 is 1.11. The molecule has 2 amide bonds. The van der Waals surface area contributed by atoms with Crippen LogP contribution in [0.1, 0.15) is 34.2 Å². The van der Waals surface area contributed by atoms with Gasteiger partial charge in [-0.2, -0.15) is 0 Å². The highest BCUT2D eigenvalue weighted by Gasteiger charge is 2.35. The molecule has 1 saturated heterocycles. The summed E-state index contributed by atoms with van der Waals surface area (Å²) in [4.78, 5) is 37.9. The largest absolute Gasteiger partial charge is 0.465 e. The average Bonchev–Trinajstić information content (AvgIpc) is 3.45. The lowest BCUT2D eigenvalue weighted by molar-refractivity contribution is -0.117. The molecule has 9 nitrogen and oxygen atoms in total. The van der Waals surface area contributed by atoms with Crippen LogP contribution >= 0.6 is 11.8 Å². The fourth-order valence-electron chi connectivity index (χ4n) is 3.42. The van der Waals surface area contributed by atoms with Gasteiger partial charge in [0.15, 0.2) is 0 Å². The zero-order valence-electron chi connectivity index (χ0n) is 18.1. The van der Waals surface area contributed by atoms with E-state index < -0.39 is 5.97 Å². The fourth-order valence-corrected chi connectivity index (χ4v) is 3.99. The number of aromatic nitrogens is 2. The van der Waals surface area contributed by atoms with Crippen LogP contribution in [0.4, 0.5) is 11.4 Å². The summed E-state index contributed by atoms with van der Waals surface area (Å²) in [7, 11) is 1.31. The second-order valence-corrected chi connectivity index (χ2v) is 8.48. The molecule has 3 aromatic rings. The lowest BCUT2D eigenvalue weighted by Gasteiger charge is -2.16. The van der Waals surface area contributed by atoms with Crippen molar-refractivity contribution < 1.29 is 23.5 Å². The van der Waals surface area contributed by atoms with Crippen LogP contribution in [0, 0.1) is 6.92 Å². The minimum Gasteiger partial charge on any atom is -0.465 e. The van der Waals surface area contributed by atoms with Crippen LogP contribution < -0.4 is 10.2 Å². The van der Waals surface area contributed by atoms with Gasteiger partial charge in [0.05, 0.1) is 24.3 Å². The van der Waals surface area contributed by atoms with E-state index in [4.69, 9.17) is 4.42 Å². The molecule has 1 atom stereocenters. The molecule has 0 aliphatic carbocycles. The van der Waals surface area contributed by atoms with Gasteiger partial charge < -0.3 is 19.4 Å². The van der Waals surface area contributed by atoms with E-state index in [0.29, 0.717) is 30.1 Å². The summed E-state index contributed by atoms with van der Waals surface area (Å²) in [6.45, 7) is 2.47. The predicted octanol–water partition coefficient (Wildman–Crippen LogP) is 3.42. The Kier molecular flexibility index (Phi) is 6.74. The SMILES string of the molecule is COC(=O)c1ccc(NC(=O)CSc2nnc([C@@H]3CC(=O)N(c4ccc(C)cc4)C3)o2)cc1. The molecule has 2 heterocycles. The molecular formula is C23H22N4O5S. The number of nitrogens with zero attached hydrogens (tertiary/aromatic N) is 3. The third-order valence-electron chi connectivity index (χ3n) is 5.16. The summed E-state index contributed by atoms with van der Waals surface area (Å²) in [6.07, 6.45) is 0.294. The summed E-state index contributed by atoms with van der Waals surface area (Å²) in [6, 6.07) is 14.2. The Bertz CT molecular complexity index is 1160. The number of thioether (sulfide) groups is 1. The van der Waals surface area contributed by atoms with Gasteiger partial charge >= 0.3 is 5.97 Å². The lowest BCUT2D eigenvalue weighted by atomic mass is 10.1. The number of benzene rings is 2. The topological polar surface area (TPSA) is 115 Å². The monoisotopic (exact) mass is 466 g/mol. The summed E-state index contributed by atoms with van der Waals surface area (Å²) in [5, 5.41) is 11.1. The number of rotatable bonds is 7. The van der Waals surface area contributed by atoms with Crippen molar-refractivity contribution in [2.45, 2.75) is 24.5 Å². The first kappa shape index (κ1) is 22.5. The molecule has 0 radical (unpaired) electrons. The average molecular weight is 467 g/mol. The number of methoxy groups -OCH3 is 1. The van der Waals surface area contributed by atoms with Crippen molar-refractivity contribution in [2.24, 2.45) is 0 Å². The van der Waals surface area contributed by atoms with Gasteiger partial charge in [-0.3, -0.25) is 9.59 Å². The number of hydrogen-bond donors (Lipinski definition) is 1. The Morgan fingerprint density at radius 3 is 2.58 bits per heavy atom. The lowest BCUT2D eigenvalue weighted by Crippen LogP contribution is -2.24. The van der Waals surface area contributed by atoms with Gasteiger partial charge in [0.2, 0.25) is 17.7 Å². The zero-order valence-corrected chi connectivity index (χ0v) is 18.9. The first-order valence-electron chi connectivity index (χ1n) is 10.2. The Morgan fingerprint density at radius 1 is 1.15 bits per heavy atom. The number of aryl methyl sites for hydroxylation is 1. The van der Waals surface area contributed by atoms with Gasteiger partial charge in [0.25, 0.3) is 5.22 Å². The van der Waals surface area contributed by atoms with E-state index in [1.54, 1.807) is 29.2 Å². The number of esters is 1. The number of amides is 2. The molecule has 2 aromatic carbocycles. The highest BCUT2D eigenvalue weighted by atomic mass is 32.2. The van der Waals surface area contributed by atoms with E-state index in [-0.39, 0.29) is 28.7 Å². The third kappa shape index (κ3) is 5.40. The quantitative estimate of drug-likeness (QED) is 0.416. The Balaban J connectivity index is 1.30. The fraction of sp³-hybridized carbons (Fsp3) is 0.261. The Morgan fingerprint density at radius 2 is 1.88 bits per heavy atom. The van der Waals surface area contributed by atoms with Crippen molar-refractivity contribution in [3.05, 3.63) is 65.5 Å². The van der Waals surface area contributed by atoms with Gasteiger partial charge in [0, 0.05) is 24.3 Å². The number of carbonyl (C=O) groups is 3. The van der Waals surface area contributed by atoms with Crippen LogP contribution in [0.15, 0.2) is 58.2 Å². The van der Waals surface area contributed by atoms with Gasteiger partial charge in [-0.25, -0.2) is 4.79 Å². The van der Waals surface area contributed by atoms with Crippen LogP contribution in [0.5, 0.6) is 0 Å². The summed E-state index contributed by atoms with van der Waals surface area (Å²) < 4.78 is 10.4. The van der Waals surface area contributed by atoms with E-state index in [1.807, 2.05) is 31.2 Å². The molecule has 1 aromatic heterocycles. The van der Waals surface area contributed by atoms with Crippen molar-refractivity contribution in [3.8, 4) is 0 Å². The van der Waals surface area contributed by atoms with E-state index in [1.165, 1.54) is 7.11 Å². The maximum Gasteiger partial charge on any atom is 0.337 e. The van der Waals surface area contributed by atoms with Gasteiger partial charge in [-0.1, -0.05) is 29.5 Å². The Hall–Kier alpha value is -3.66. The molecule has 1 aliphatic rings. The number of carbonyl (C=O) groups excluding carboxylic acids is 3. The minimum atomic E-state index is -0.443. The smallest absolute Gasteiger partial charge is 0.337 e. The van der Waals surface area contributed by atoms with Crippen LogP contribution in [-0.2, 0) is 14.3 Å². The van der Waals surface area contributed by atoms with Crippen molar-refractivity contribution in [1.82, 2.24) is 10.2 Å². The second-order valence-electron chi connectivity index (χ2n) is 7.55. The first-order valence-corrected chi connectivity index (χ1v) is 11.2. The molecule has 1 fully saturated rings. The first-order chi connectivity index (χ1) is 15.9. The van der Waals surface area contributed by atoms with Crippen molar-refractivity contribution in [1.29, 1.82) is 0 Å². The Labute approximate surface area is 194 Å². The van der Waals surface area contributed by atoms with E-state index >= 15 is 0 Å². The second kappa shape index (κ2) is 9.86. The summed E-state index contributed by atoms with van der Waals surface area (Å²) in [5.41, 5.74) is 2.93. The highest BCUT2D eigenvalue weighted by Crippen LogP contribution is 2.32.